The lowest BCUT2D eigenvalue weighted by atomic mass is 10.2. The molecule has 0 saturated carbocycles. The molecule has 1 aromatic carbocycles. The number of nitrogens with zero attached hydrogens (tertiary/aromatic N) is 6. The van der Waals surface area contributed by atoms with E-state index in [1.165, 1.54) is 18.1 Å². The lowest BCUT2D eigenvalue weighted by molar-refractivity contribution is -0.132. The summed E-state index contributed by atoms with van der Waals surface area (Å²) in [6.07, 6.45) is 1.48. The molecule has 140 valence electrons. The third-order valence-electron chi connectivity index (χ3n) is 4.21. The average Bonchev–Trinajstić information content (AvgIpc) is 3.12. The quantitative estimate of drug-likeness (QED) is 0.474. The van der Waals surface area contributed by atoms with Gasteiger partial charge >= 0.3 is 0 Å². The zero-order valence-corrected chi connectivity index (χ0v) is 16.0. The smallest absolute Gasteiger partial charge is 0.233 e. The molecule has 0 atom stereocenters. The molecule has 0 aliphatic carbocycles. The normalized spacial score (nSPS) is 14.6. The van der Waals surface area contributed by atoms with E-state index < -0.39 is 0 Å². The van der Waals surface area contributed by atoms with Crippen LogP contribution in [0.2, 0.25) is 5.02 Å². The maximum absolute atomic E-state index is 12.3. The molecular formula is C17H17ClN6O2S. The number of amides is 1. The lowest BCUT2D eigenvalue weighted by Crippen LogP contribution is -2.41. The summed E-state index contributed by atoms with van der Waals surface area (Å²) in [5.41, 5.74) is 2.29. The van der Waals surface area contributed by atoms with Gasteiger partial charge in [-0.25, -0.2) is 14.6 Å². The molecule has 1 amide bonds. The van der Waals surface area contributed by atoms with Crippen LogP contribution >= 0.6 is 23.4 Å². The monoisotopic (exact) mass is 404 g/mol. The molecule has 0 radical (unpaired) electrons. The summed E-state index contributed by atoms with van der Waals surface area (Å²) in [6, 6.07) is 7.55. The highest BCUT2D eigenvalue weighted by Crippen LogP contribution is 2.23. The van der Waals surface area contributed by atoms with Gasteiger partial charge in [0.2, 0.25) is 5.91 Å². The third-order valence-corrected chi connectivity index (χ3v) is 5.42. The second-order valence-electron chi connectivity index (χ2n) is 6.01. The summed E-state index contributed by atoms with van der Waals surface area (Å²) >= 11 is 7.29. The fraction of sp³-hybridized carbons (Fsp3) is 0.353. The van der Waals surface area contributed by atoms with Crippen molar-refractivity contribution in [1.82, 2.24) is 29.9 Å². The molecule has 1 aliphatic rings. The van der Waals surface area contributed by atoms with Gasteiger partial charge in [-0.15, -0.1) is 5.10 Å². The second kappa shape index (κ2) is 8.20. The fourth-order valence-electron chi connectivity index (χ4n) is 2.78. The van der Waals surface area contributed by atoms with Gasteiger partial charge in [-0.05, 0) is 17.7 Å². The number of hydrogen-bond donors (Lipinski definition) is 0. The highest BCUT2D eigenvalue weighted by atomic mass is 35.5. The molecule has 1 fully saturated rings. The Morgan fingerprint density at radius 1 is 1.19 bits per heavy atom. The molecule has 4 rings (SSSR count). The van der Waals surface area contributed by atoms with Crippen molar-refractivity contribution in [3.8, 4) is 0 Å². The summed E-state index contributed by atoms with van der Waals surface area (Å²) in [5, 5.41) is 9.76. The summed E-state index contributed by atoms with van der Waals surface area (Å²) in [4.78, 5) is 22.7. The van der Waals surface area contributed by atoms with Crippen LogP contribution in [0.5, 0.6) is 0 Å². The first-order valence-electron chi connectivity index (χ1n) is 8.47. The number of carbonyl (C=O) groups excluding carboxylic acids is 1. The van der Waals surface area contributed by atoms with Gasteiger partial charge in [0.15, 0.2) is 11.2 Å². The van der Waals surface area contributed by atoms with Crippen LogP contribution in [-0.2, 0) is 16.1 Å². The maximum atomic E-state index is 12.3. The molecule has 8 nitrogen and oxygen atoms in total. The predicted octanol–water partition coefficient (Wildman–Crippen LogP) is 1.87. The summed E-state index contributed by atoms with van der Waals surface area (Å²) in [6.45, 7) is 2.98. The topological polar surface area (TPSA) is 86.0 Å². The van der Waals surface area contributed by atoms with Crippen molar-refractivity contribution in [2.75, 3.05) is 32.1 Å². The van der Waals surface area contributed by atoms with Gasteiger partial charge in [0.25, 0.3) is 0 Å². The molecule has 0 bridgehead atoms. The van der Waals surface area contributed by atoms with Gasteiger partial charge in [0, 0.05) is 18.1 Å². The standard InChI is InChI=1S/C17H17ClN6O2S/c18-13-3-1-12(2-4-13)9-24-16-15(21-22-24)17(20-11-19-16)27-10-14(25)23-5-7-26-8-6-23/h1-4,11H,5-10H2. The largest absolute Gasteiger partial charge is 0.378 e. The van der Waals surface area contributed by atoms with Crippen LogP contribution in [0, 0.1) is 0 Å². The summed E-state index contributed by atoms with van der Waals surface area (Å²) in [5.74, 6) is 0.375. The number of halogens is 1. The minimum atomic E-state index is 0.0728. The zero-order valence-electron chi connectivity index (χ0n) is 14.4. The SMILES string of the molecule is O=C(CSc1ncnc2c1nnn2Cc1ccc(Cl)cc1)N1CCOCC1. The van der Waals surface area contributed by atoms with E-state index in [-0.39, 0.29) is 5.91 Å². The number of carbonyl (C=O) groups is 1. The van der Waals surface area contributed by atoms with E-state index >= 15 is 0 Å². The first-order chi connectivity index (χ1) is 13.2. The second-order valence-corrected chi connectivity index (χ2v) is 7.41. The van der Waals surface area contributed by atoms with Crippen LogP contribution < -0.4 is 0 Å². The Morgan fingerprint density at radius 3 is 2.74 bits per heavy atom. The maximum Gasteiger partial charge on any atom is 0.233 e. The highest BCUT2D eigenvalue weighted by molar-refractivity contribution is 8.00. The Bertz CT molecular complexity index is 942. The van der Waals surface area contributed by atoms with Gasteiger partial charge in [-0.3, -0.25) is 4.79 Å². The number of ether oxygens (including phenoxy) is 1. The average molecular weight is 405 g/mol. The van der Waals surface area contributed by atoms with Crippen LogP contribution in [-0.4, -0.2) is 67.8 Å². The molecule has 0 spiro atoms. The molecule has 10 heteroatoms. The van der Waals surface area contributed by atoms with E-state index in [2.05, 4.69) is 20.3 Å². The van der Waals surface area contributed by atoms with E-state index in [1.54, 1.807) is 4.68 Å². The van der Waals surface area contributed by atoms with Gasteiger partial charge in [-0.1, -0.05) is 40.7 Å². The minimum Gasteiger partial charge on any atom is -0.378 e. The van der Waals surface area contributed by atoms with Crippen molar-refractivity contribution in [3.63, 3.8) is 0 Å². The highest BCUT2D eigenvalue weighted by Gasteiger charge is 2.19. The van der Waals surface area contributed by atoms with Crippen molar-refractivity contribution < 1.29 is 9.53 Å². The number of hydrogen-bond acceptors (Lipinski definition) is 7. The van der Waals surface area contributed by atoms with E-state index in [1.807, 2.05) is 29.2 Å². The van der Waals surface area contributed by atoms with E-state index in [0.29, 0.717) is 59.8 Å². The van der Waals surface area contributed by atoms with E-state index in [0.717, 1.165) is 5.56 Å². The van der Waals surface area contributed by atoms with Gasteiger partial charge < -0.3 is 9.64 Å². The molecule has 3 heterocycles. The molecule has 0 unspecified atom stereocenters. The Hall–Kier alpha value is -2.23. The Morgan fingerprint density at radius 2 is 1.96 bits per heavy atom. The van der Waals surface area contributed by atoms with Gasteiger partial charge in [0.05, 0.1) is 25.5 Å². The number of benzene rings is 1. The fourth-order valence-corrected chi connectivity index (χ4v) is 3.74. The molecule has 27 heavy (non-hydrogen) atoms. The number of morpholine rings is 1. The van der Waals surface area contributed by atoms with Crippen LogP contribution in [0.4, 0.5) is 0 Å². The number of aromatic nitrogens is 5. The van der Waals surface area contributed by atoms with Crippen molar-refractivity contribution in [3.05, 3.63) is 41.2 Å². The molecule has 0 N–H and O–H groups in total. The van der Waals surface area contributed by atoms with Crippen LogP contribution in [0.3, 0.4) is 0 Å². The van der Waals surface area contributed by atoms with Gasteiger partial charge in [0.1, 0.15) is 11.4 Å². The van der Waals surface area contributed by atoms with Crippen LogP contribution in [0.1, 0.15) is 5.56 Å². The molecule has 1 aliphatic heterocycles. The molecular weight excluding hydrogens is 388 g/mol. The first kappa shape index (κ1) is 18.1. The molecule has 2 aromatic heterocycles. The van der Waals surface area contributed by atoms with Crippen molar-refractivity contribution >= 4 is 40.4 Å². The van der Waals surface area contributed by atoms with Crippen molar-refractivity contribution in [2.45, 2.75) is 11.6 Å². The zero-order chi connectivity index (χ0) is 18.6. The van der Waals surface area contributed by atoms with Crippen LogP contribution in [0.15, 0.2) is 35.6 Å². The lowest BCUT2D eigenvalue weighted by Gasteiger charge is -2.26. The summed E-state index contributed by atoms with van der Waals surface area (Å²) in [7, 11) is 0. The summed E-state index contributed by atoms with van der Waals surface area (Å²) < 4.78 is 7.00. The Labute approximate surface area is 164 Å². The first-order valence-corrected chi connectivity index (χ1v) is 9.84. The van der Waals surface area contributed by atoms with Crippen molar-refractivity contribution in [1.29, 1.82) is 0 Å². The number of rotatable bonds is 5. The third kappa shape index (κ3) is 4.20. The molecule has 3 aromatic rings. The van der Waals surface area contributed by atoms with Crippen molar-refractivity contribution in [2.24, 2.45) is 0 Å². The van der Waals surface area contributed by atoms with Gasteiger partial charge in [-0.2, -0.15) is 0 Å². The Kier molecular flexibility index (Phi) is 5.51. The molecule has 1 saturated heterocycles. The van der Waals surface area contributed by atoms with E-state index in [9.17, 15) is 4.79 Å². The van der Waals surface area contributed by atoms with Crippen LogP contribution in [0.25, 0.3) is 11.2 Å². The number of thioether (sulfide) groups is 1. The predicted molar refractivity (Wildman–Crippen MR) is 102 cm³/mol. The number of fused-ring (bicyclic) bond motifs is 1. The Balaban J connectivity index is 1.48. The van der Waals surface area contributed by atoms with E-state index in [4.69, 9.17) is 16.3 Å². The minimum absolute atomic E-state index is 0.0728.